The molecular formula is C11H23Cl2N2O2Si2Ti. The first-order valence-electron chi connectivity index (χ1n) is 5.36. The topological polar surface area (TPSA) is 40.6 Å². The van der Waals surface area contributed by atoms with Gasteiger partial charge in [0.2, 0.25) is 0 Å². The molecule has 0 unspecified atom stereocenters. The molecule has 0 aromatic carbocycles. The third kappa shape index (κ3) is 31.0. The zero-order valence-corrected chi connectivity index (χ0v) is 18.0. The van der Waals surface area contributed by atoms with E-state index in [1.165, 1.54) is 0 Å². The Labute approximate surface area is 153 Å². The van der Waals surface area contributed by atoms with Crippen LogP contribution in [0, 0.1) is 6.08 Å². The normalized spacial score (nSPS) is 9.10. The van der Waals surface area contributed by atoms with Crippen molar-refractivity contribution in [2.24, 2.45) is 0 Å². The number of halogens is 2. The van der Waals surface area contributed by atoms with Gasteiger partial charge in [-0.05, 0) is 41.3 Å². The van der Waals surface area contributed by atoms with Crippen LogP contribution in [-0.2, 0) is 30.6 Å². The molecule has 20 heavy (non-hydrogen) atoms. The standard InChI is InChI=1S/C5H5.2C3H9NOSi.2ClH.Ti/c1-2-4-5-3-1;2*1-4(2)6(3)5;;;/h1-3H,4H2;2*1-3H3;2*1H;/q-1;;;;;+3/p-2. The molecule has 0 saturated heterocycles. The van der Waals surface area contributed by atoms with Crippen LogP contribution in [0.15, 0.2) is 18.2 Å². The summed E-state index contributed by atoms with van der Waals surface area (Å²) in [4.78, 5) is 0. The van der Waals surface area contributed by atoms with Gasteiger partial charge in [-0.25, -0.2) is 12.2 Å². The summed E-state index contributed by atoms with van der Waals surface area (Å²) in [6.07, 6.45) is 10.0. The Morgan fingerprint density at radius 3 is 1.30 bits per heavy atom. The summed E-state index contributed by atoms with van der Waals surface area (Å²) >= 11 is 0. The molecule has 0 N–H and O–H groups in total. The second kappa shape index (κ2) is 21.7. The largest absolute Gasteiger partial charge is 3.00 e. The number of hydrogen-bond acceptors (Lipinski definition) is 2. The minimum Gasteiger partial charge on any atom is -1.00 e. The second-order valence-electron chi connectivity index (χ2n) is 3.83. The molecule has 0 amide bonds. The third-order valence-corrected chi connectivity index (χ3v) is 4.36. The maximum absolute atomic E-state index is 10.3. The SMILES string of the molecule is CN(C)[Si](C)=O.CN(C)[Si](C)=O.[C-]1=CC=CC1.[Cl-].[Cl-].[Ti+3]. The van der Waals surface area contributed by atoms with E-state index in [9.17, 15) is 8.92 Å². The molecule has 0 bridgehead atoms. The van der Waals surface area contributed by atoms with Gasteiger partial charge in [0.15, 0.2) is 0 Å². The van der Waals surface area contributed by atoms with Gasteiger partial charge in [-0.3, -0.25) is 6.08 Å². The summed E-state index contributed by atoms with van der Waals surface area (Å²) in [6.45, 7) is 3.43. The molecule has 1 aliphatic carbocycles. The molecule has 1 aliphatic rings. The first kappa shape index (κ1) is 32.4. The first-order valence-corrected chi connectivity index (χ1v) is 9.07. The fourth-order valence-corrected chi connectivity index (χ4v) is 0.340. The fraction of sp³-hybridized carbons (Fsp3) is 0.636. The predicted octanol–water partition coefficient (Wildman–Crippen LogP) is -4.50. The Hall–Kier alpha value is 0.408. The van der Waals surface area contributed by atoms with Crippen molar-refractivity contribution in [3.63, 3.8) is 0 Å². The molecule has 0 aromatic heterocycles. The molecule has 0 aromatic rings. The van der Waals surface area contributed by atoms with Gasteiger partial charge in [0.1, 0.15) is 0 Å². The van der Waals surface area contributed by atoms with Gasteiger partial charge in [0.05, 0.1) is 0 Å². The van der Waals surface area contributed by atoms with Gasteiger partial charge in [0.25, 0.3) is 0 Å². The van der Waals surface area contributed by atoms with E-state index in [2.05, 4.69) is 12.2 Å². The first-order chi connectivity index (χ1) is 7.79. The van der Waals surface area contributed by atoms with Crippen molar-refractivity contribution in [3.05, 3.63) is 24.3 Å². The molecule has 0 saturated carbocycles. The molecule has 0 aliphatic heterocycles. The molecule has 1 rings (SSSR count). The van der Waals surface area contributed by atoms with E-state index in [-0.39, 0.29) is 46.5 Å². The summed E-state index contributed by atoms with van der Waals surface area (Å²) in [7, 11) is 4.49. The molecule has 1 radical (unpaired) electrons. The summed E-state index contributed by atoms with van der Waals surface area (Å²) in [5.41, 5.74) is 0. The van der Waals surface area contributed by atoms with Gasteiger partial charge < -0.3 is 42.9 Å². The van der Waals surface area contributed by atoms with E-state index in [4.69, 9.17) is 0 Å². The monoisotopic (exact) mass is 389 g/mol. The maximum atomic E-state index is 10.3. The molecule has 4 nitrogen and oxygen atoms in total. The molecular weight excluding hydrogens is 367 g/mol. The molecule has 0 atom stereocenters. The van der Waals surface area contributed by atoms with Crippen molar-refractivity contribution >= 4 is 17.7 Å². The minimum absolute atomic E-state index is 0. The van der Waals surface area contributed by atoms with Crippen molar-refractivity contribution in [2.45, 2.75) is 19.5 Å². The van der Waals surface area contributed by atoms with Gasteiger partial charge in [-0.1, -0.05) is 0 Å². The molecule has 115 valence electrons. The van der Waals surface area contributed by atoms with E-state index < -0.39 is 17.7 Å². The predicted molar refractivity (Wildman–Crippen MR) is 73.6 cm³/mol. The van der Waals surface area contributed by atoms with Crippen LogP contribution in [0.1, 0.15) is 6.42 Å². The van der Waals surface area contributed by atoms with E-state index in [1.54, 1.807) is 50.4 Å². The van der Waals surface area contributed by atoms with Gasteiger partial charge in [0, 0.05) is 0 Å². The molecule has 9 heteroatoms. The Kier molecular flexibility index (Phi) is 35.1. The van der Waals surface area contributed by atoms with E-state index in [0.717, 1.165) is 6.42 Å². The average molecular weight is 390 g/mol. The minimum atomic E-state index is -1.37. The van der Waals surface area contributed by atoms with Crippen molar-refractivity contribution in [1.82, 2.24) is 9.13 Å². The molecule has 0 heterocycles. The number of allylic oxidation sites excluding steroid dienone is 4. The summed E-state index contributed by atoms with van der Waals surface area (Å²) in [5, 5.41) is 0. The molecule has 0 fully saturated rings. The summed E-state index contributed by atoms with van der Waals surface area (Å²) < 4.78 is 23.9. The molecule has 0 spiro atoms. The maximum Gasteiger partial charge on any atom is 3.00 e. The van der Waals surface area contributed by atoms with Crippen LogP contribution in [0.25, 0.3) is 0 Å². The van der Waals surface area contributed by atoms with Crippen molar-refractivity contribution in [2.75, 3.05) is 28.2 Å². The van der Waals surface area contributed by atoms with E-state index >= 15 is 0 Å². The van der Waals surface area contributed by atoms with Crippen molar-refractivity contribution in [3.8, 4) is 0 Å². The summed E-state index contributed by atoms with van der Waals surface area (Å²) in [6, 6.07) is 0. The van der Waals surface area contributed by atoms with Crippen molar-refractivity contribution in [1.29, 1.82) is 0 Å². The van der Waals surface area contributed by atoms with Crippen molar-refractivity contribution < 1.29 is 55.5 Å². The van der Waals surface area contributed by atoms with Crippen LogP contribution in [0.4, 0.5) is 0 Å². The average Bonchev–Trinajstić information content (AvgIpc) is 2.75. The zero-order valence-electron chi connectivity index (χ0n) is 12.9. The number of rotatable bonds is 2. The number of nitrogens with zero attached hydrogens (tertiary/aromatic N) is 2. The third-order valence-electron chi connectivity index (χ3n) is 1.85. The van der Waals surface area contributed by atoms with E-state index in [0.29, 0.717) is 0 Å². The smallest absolute Gasteiger partial charge is 1.00 e. The Balaban J connectivity index is -0.0000000524. The van der Waals surface area contributed by atoms with Gasteiger partial charge in [-0.15, -0.1) is 6.42 Å². The van der Waals surface area contributed by atoms with Crippen LogP contribution >= 0.6 is 0 Å². The van der Waals surface area contributed by atoms with Crippen LogP contribution < -0.4 is 24.8 Å². The van der Waals surface area contributed by atoms with Gasteiger partial charge in [-0.2, -0.15) is 6.08 Å². The Bertz CT molecular complexity index is 274. The number of hydrogen-bond donors (Lipinski definition) is 0. The Morgan fingerprint density at radius 2 is 1.25 bits per heavy atom. The summed E-state index contributed by atoms with van der Waals surface area (Å²) in [5.74, 6) is 0. The zero-order chi connectivity index (χ0) is 13.8. The van der Waals surface area contributed by atoms with Crippen LogP contribution in [0.5, 0.6) is 0 Å². The quantitative estimate of drug-likeness (QED) is 0.352. The van der Waals surface area contributed by atoms with Crippen LogP contribution in [0.3, 0.4) is 0 Å². The Morgan fingerprint density at radius 1 is 0.950 bits per heavy atom. The van der Waals surface area contributed by atoms with Crippen LogP contribution in [-0.4, -0.2) is 55.0 Å². The van der Waals surface area contributed by atoms with Gasteiger partial charge >= 0.3 is 39.4 Å². The van der Waals surface area contributed by atoms with E-state index in [1.807, 2.05) is 12.2 Å². The fourth-order valence-electron chi connectivity index (χ4n) is 0.340. The second-order valence-corrected chi connectivity index (χ2v) is 7.69. The van der Waals surface area contributed by atoms with Crippen LogP contribution in [0.2, 0.25) is 13.1 Å².